The second-order valence-corrected chi connectivity index (χ2v) is 18.0. The molecule has 7 amide bonds. The van der Waals surface area contributed by atoms with Crippen LogP contribution in [-0.2, 0) is 84.2 Å². The van der Waals surface area contributed by atoms with E-state index in [1.165, 1.54) is 6.92 Å². The third kappa shape index (κ3) is 10.5. The fourth-order valence-electron chi connectivity index (χ4n) is 9.11. The maximum absolute atomic E-state index is 13.8. The molecule has 22 nitrogen and oxygen atoms in total. The number of carboxylic acids is 1. The molecule has 4 aliphatic rings. The number of pyridine rings is 2. The number of aryl methyl sites for hydroxylation is 2. The van der Waals surface area contributed by atoms with Crippen LogP contribution in [0.3, 0.4) is 0 Å². The van der Waals surface area contributed by atoms with Crippen LogP contribution in [0.1, 0.15) is 94.0 Å². The smallest absolute Gasteiger partial charge is 0.343 e. The minimum Gasteiger partial charge on any atom is -0.480 e. The van der Waals surface area contributed by atoms with Gasteiger partial charge in [0.15, 0.2) is 5.60 Å². The first-order chi connectivity index (χ1) is 33.3. The molecule has 3 aliphatic heterocycles. The van der Waals surface area contributed by atoms with E-state index < -0.39 is 82.9 Å². The Labute approximate surface area is 400 Å². The van der Waals surface area contributed by atoms with Crippen molar-refractivity contribution in [1.82, 2.24) is 35.7 Å². The highest BCUT2D eigenvalue weighted by molar-refractivity contribution is 6.13. The number of nitrogens with zero attached hydrogens (tertiary/aromatic N) is 3. The van der Waals surface area contributed by atoms with Gasteiger partial charge in [-0.2, -0.15) is 0 Å². The molecule has 7 N–H and O–H groups in total. The highest BCUT2D eigenvalue weighted by Crippen LogP contribution is 2.43. The lowest BCUT2D eigenvalue weighted by Crippen LogP contribution is -2.54. The zero-order chi connectivity index (χ0) is 50.6. The Morgan fingerprint density at radius 3 is 2.27 bits per heavy atom. The number of hydrogen-bond donors (Lipinski definition) is 7. The highest BCUT2D eigenvalue weighted by Gasteiger charge is 2.46. The van der Waals surface area contributed by atoms with Gasteiger partial charge in [-0.1, -0.05) is 20.8 Å². The van der Waals surface area contributed by atoms with Gasteiger partial charge in [-0.25, -0.2) is 14.6 Å². The van der Waals surface area contributed by atoms with E-state index in [-0.39, 0.29) is 88.2 Å². The fraction of sp³-hybridized carbons (Fsp3) is 0.479. The minimum absolute atomic E-state index is 0.0218. The highest BCUT2D eigenvalue weighted by atomic mass is 16.6. The van der Waals surface area contributed by atoms with Gasteiger partial charge in [-0.3, -0.25) is 43.3 Å². The van der Waals surface area contributed by atoms with Gasteiger partial charge in [0.05, 0.1) is 42.2 Å². The molecule has 1 aromatic carbocycles. The fourth-order valence-corrected chi connectivity index (χ4v) is 9.11. The monoisotopic (exact) mass is 968 g/mol. The lowest BCUT2D eigenvalue weighted by atomic mass is 9.85. The van der Waals surface area contributed by atoms with Crippen LogP contribution in [0.15, 0.2) is 35.1 Å². The first-order valence-corrected chi connectivity index (χ1v) is 23.3. The summed E-state index contributed by atoms with van der Waals surface area (Å²) in [5, 5.41) is 35.0. The maximum atomic E-state index is 13.8. The number of aliphatic hydroxyl groups is 1. The Balaban J connectivity index is 0.891. The largest absolute Gasteiger partial charge is 0.480 e. The predicted molar refractivity (Wildman–Crippen MR) is 247 cm³/mol. The van der Waals surface area contributed by atoms with Crippen LogP contribution >= 0.6 is 0 Å². The molecular weight excluding hydrogens is 913 g/mol. The number of esters is 1. The van der Waals surface area contributed by atoms with E-state index in [0.717, 1.165) is 45.5 Å². The van der Waals surface area contributed by atoms with Crippen molar-refractivity contribution >= 4 is 69.9 Å². The molecule has 3 aromatic rings. The van der Waals surface area contributed by atoms with Crippen molar-refractivity contribution in [2.75, 3.05) is 31.6 Å². The van der Waals surface area contributed by atoms with Crippen molar-refractivity contribution in [3.8, 4) is 11.4 Å². The van der Waals surface area contributed by atoms with E-state index in [4.69, 9.17) is 14.5 Å². The average Bonchev–Trinajstić information content (AvgIpc) is 3.86. The number of amides is 7. The minimum atomic E-state index is -1.95. The average molecular weight is 969 g/mol. The zero-order valence-electron chi connectivity index (χ0n) is 39.2. The number of imide groups is 1. The predicted octanol–water partition coefficient (Wildman–Crippen LogP) is 0.340. The van der Waals surface area contributed by atoms with Crippen LogP contribution in [0, 0.1) is 5.92 Å². The molecule has 0 spiro atoms. The van der Waals surface area contributed by atoms with Gasteiger partial charge < -0.3 is 50.8 Å². The number of anilines is 1. The number of cyclic esters (lactones) is 1. The summed E-state index contributed by atoms with van der Waals surface area (Å²) < 4.78 is 12.1. The van der Waals surface area contributed by atoms with Crippen LogP contribution in [0.5, 0.6) is 0 Å². The summed E-state index contributed by atoms with van der Waals surface area (Å²) in [6, 6.07) is 1.60. The van der Waals surface area contributed by atoms with Gasteiger partial charge in [0.1, 0.15) is 24.7 Å². The van der Waals surface area contributed by atoms with Crippen LogP contribution < -0.4 is 32.1 Å². The topological polar surface area (TPSA) is 311 Å². The number of carboxylic acid groups (broad SMARTS) is 1. The number of carbonyl (C=O) groups excluding carboxylic acids is 8. The van der Waals surface area contributed by atoms with Gasteiger partial charge >= 0.3 is 11.9 Å². The van der Waals surface area contributed by atoms with Crippen LogP contribution in [-0.4, -0.2) is 122 Å². The first-order valence-electron chi connectivity index (χ1n) is 23.3. The summed E-state index contributed by atoms with van der Waals surface area (Å²) in [6.45, 7) is 6.48. The summed E-state index contributed by atoms with van der Waals surface area (Å²) in [6.07, 6.45) is 3.36. The SMILES string of the molecule is CC[C@@]1(O)C(=O)OCc2c1cc1n(c2=O)Cc2c-1nc1ccc(NC(=O)[C@H](C)NC(=O)[C@@H](NC(=O)CC[C@H](NC(=O)CCOCCNC(=O)CCN3C(=O)C=CC3=O)C(=O)O)C(C)C)c3c1c2CCC3. The standard InChI is InChI=1S/C48H56N8O14/c1-5-48(68)30-21-34-42-28(22-56(34)45(64)29(30)23-70-47(48)67)26-7-6-8-27-31(9-10-32(52-42)40(26)27)53-43(62)25(4)50-44(63)41(24(2)3)54-36(58)12-11-33(46(65)66)51-37(59)16-19-69-20-17-49-35(57)15-18-55-38(60)13-14-39(55)61/h9-10,13-14,21,24-25,33,41,68H,5-8,11-12,15-20,22-23H2,1-4H3,(H,49,57)(H,50,63)(H,51,59)(H,53,62)(H,54,58)(H,65,66)/t25-,33-,41-,48-/m0/s1. The molecule has 0 saturated heterocycles. The van der Waals surface area contributed by atoms with E-state index in [1.807, 2.05) is 0 Å². The summed E-state index contributed by atoms with van der Waals surface area (Å²) in [7, 11) is 0. The molecule has 0 saturated carbocycles. The van der Waals surface area contributed by atoms with Gasteiger partial charge in [0, 0.05) is 66.7 Å². The number of rotatable bonds is 21. The van der Waals surface area contributed by atoms with E-state index in [2.05, 4.69) is 26.6 Å². The molecule has 7 rings (SSSR count). The quantitative estimate of drug-likeness (QED) is 0.0337. The molecule has 2 aromatic heterocycles. The molecule has 5 heterocycles. The third-order valence-electron chi connectivity index (χ3n) is 13.0. The Morgan fingerprint density at radius 2 is 1.57 bits per heavy atom. The number of aromatic nitrogens is 2. The van der Waals surface area contributed by atoms with E-state index >= 15 is 0 Å². The van der Waals surface area contributed by atoms with Gasteiger partial charge in [-0.15, -0.1) is 0 Å². The number of aliphatic carboxylic acids is 1. The Hall–Kier alpha value is -7.33. The van der Waals surface area contributed by atoms with Crippen LogP contribution in [0.2, 0.25) is 0 Å². The van der Waals surface area contributed by atoms with Crippen molar-refractivity contribution < 1.29 is 62.8 Å². The van der Waals surface area contributed by atoms with Crippen LogP contribution in [0.25, 0.3) is 22.3 Å². The second kappa shape index (κ2) is 21.1. The molecular formula is C48H56N8O14. The summed E-state index contributed by atoms with van der Waals surface area (Å²) in [4.78, 5) is 132. The number of fused-ring (bicyclic) bond motifs is 5. The molecule has 1 aliphatic carbocycles. The lowest BCUT2D eigenvalue weighted by Gasteiger charge is -2.31. The van der Waals surface area contributed by atoms with Gasteiger partial charge in [0.2, 0.25) is 29.5 Å². The molecule has 22 heteroatoms. The lowest BCUT2D eigenvalue weighted by molar-refractivity contribution is -0.172. The normalized spacial score (nSPS) is 17.8. The van der Waals surface area contributed by atoms with Crippen molar-refractivity contribution in [3.63, 3.8) is 0 Å². The Kier molecular flexibility index (Phi) is 15.3. The molecule has 4 atom stereocenters. The summed E-state index contributed by atoms with van der Waals surface area (Å²) in [5.41, 5.74) is 3.08. The van der Waals surface area contributed by atoms with Crippen molar-refractivity contribution in [2.45, 2.75) is 116 Å². The number of hydrogen-bond acceptors (Lipinski definition) is 14. The third-order valence-corrected chi connectivity index (χ3v) is 13.0. The molecule has 0 radical (unpaired) electrons. The summed E-state index contributed by atoms with van der Waals surface area (Å²) >= 11 is 0. The molecule has 0 unspecified atom stereocenters. The molecule has 372 valence electrons. The Bertz CT molecular complexity index is 2770. The Morgan fingerprint density at radius 1 is 0.857 bits per heavy atom. The number of ether oxygens (including phenoxy) is 2. The second-order valence-electron chi connectivity index (χ2n) is 18.0. The number of nitrogens with one attached hydrogen (secondary N) is 5. The van der Waals surface area contributed by atoms with Gasteiger partial charge in [0.25, 0.3) is 17.4 Å². The van der Waals surface area contributed by atoms with E-state index in [9.17, 15) is 58.2 Å². The zero-order valence-corrected chi connectivity index (χ0v) is 39.2. The van der Waals surface area contributed by atoms with Crippen molar-refractivity contribution in [1.29, 1.82) is 0 Å². The number of carbonyl (C=O) groups is 9. The van der Waals surface area contributed by atoms with Crippen molar-refractivity contribution in [2.24, 2.45) is 5.92 Å². The number of benzene rings is 1. The van der Waals surface area contributed by atoms with Crippen LogP contribution in [0.4, 0.5) is 5.69 Å². The van der Waals surface area contributed by atoms with Crippen molar-refractivity contribution in [3.05, 3.63) is 68.5 Å². The van der Waals surface area contributed by atoms with E-state index in [0.29, 0.717) is 35.4 Å². The molecule has 0 fully saturated rings. The summed E-state index contributed by atoms with van der Waals surface area (Å²) in [5.74, 6) is -6.50. The van der Waals surface area contributed by atoms with Gasteiger partial charge in [-0.05, 0) is 74.3 Å². The maximum Gasteiger partial charge on any atom is 0.343 e. The molecule has 0 bridgehead atoms. The van der Waals surface area contributed by atoms with E-state index in [1.54, 1.807) is 43.5 Å². The molecule has 70 heavy (non-hydrogen) atoms. The first kappa shape index (κ1) is 50.5.